The van der Waals surface area contributed by atoms with Crippen molar-refractivity contribution in [3.8, 4) is 0 Å². The molecule has 1 N–H and O–H groups in total. The van der Waals surface area contributed by atoms with Gasteiger partial charge in [-0.3, -0.25) is 0 Å². The van der Waals surface area contributed by atoms with E-state index in [1.807, 2.05) is 42.3 Å². The van der Waals surface area contributed by atoms with Gasteiger partial charge in [-0.2, -0.15) is 0 Å². The molecule has 0 bridgehead atoms. The Morgan fingerprint density at radius 2 is 2.00 bits per heavy atom. The molecule has 0 atom stereocenters. The van der Waals surface area contributed by atoms with Gasteiger partial charge in [-0.1, -0.05) is 35.5 Å². The Labute approximate surface area is 150 Å². The monoisotopic (exact) mass is 348 g/mol. The lowest BCUT2D eigenvalue weighted by atomic mass is 10.2. The number of aryl methyl sites for hydroxylation is 2. The van der Waals surface area contributed by atoms with Gasteiger partial charge in [0.15, 0.2) is 17.0 Å². The molecule has 0 aliphatic carbocycles. The minimum atomic E-state index is 0.633. The number of anilines is 1. The van der Waals surface area contributed by atoms with Crippen LogP contribution >= 0.6 is 0 Å². The number of nitrogens with zero attached hydrogens (tertiary/aromatic N) is 7. The molecule has 0 radical (unpaired) electrons. The highest BCUT2D eigenvalue weighted by molar-refractivity contribution is 5.82. The summed E-state index contributed by atoms with van der Waals surface area (Å²) in [6.07, 6.45) is 6.53. The first-order valence-corrected chi connectivity index (χ1v) is 8.61. The van der Waals surface area contributed by atoms with Crippen LogP contribution in [-0.2, 0) is 13.1 Å². The summed E-state index contributed by atoms with van der Waals surface area (Å²) < 4.78 is 3.87. The van der Waals surface area contributed by atoms with Crippen molar-refractivity contribution >= 4 is 17.0 Å². The van der Waals surface area contributed by atoms with E-state index in [-0.39, 0.29) is 0 Å². The maximum atomic E-state index is 4.54. The summed E-state index contributed by atoms with van der Waals surface area (Å²) in [4.78, 5) is 13.1. The second-order valence-corrected chi connectivity index (χ2v) is 6.11. The van der Waals surface area contributed by atoms with Crippen molar-refractivity contribution in [2.75, 3.05) is 11.9 Å². The highest BCUT2D eigenvalue weighted by Gasteiger charge is 2.13. The van der Waals surface area contributed by atoms with E-state index in [2.05, 4.69) is 47.3 Å². The van der Waals surface area contributed by atoms with Crippen molar-refractivity contribution in [3.63, 3.8) is 0 Å². The summed E-state index contributed by atoms with van der Waals surface area (Å²) in [7, 11) is 0. The number of fused-ring (bicyclic) bond motifs is 1. The molecule has 4 rings (SSSR count). The number of imidazole rings is 1. The second-order valence-electron chi connectivity index (χ2n) is 6.11. The number of aromatic nitrogens is 7. The van der Waals surface area contributed by atoms with Crippen molar-refractivity contribution in [1.82, 2.24) is 34.5 Å². The van der Waals surface area contributed by atoms with Crippen molar-refractivity contribution in [2.45, 2.75) is 26.4 Å². The highest BCUT2D eigenvalue weighted by Crippen LogP contribution is 2.18. The van der Waals surface area contributed by atoms with Crippen LogP contribution in [0, 0.1) is 6.92 Å². The lowest BCUT2D eigenvalue weighted by Crippen LogP contribution is -2.09. The van der Waals surface area contributed by atoms with Crippen LogP contribution in [0.15, 0.2) is 49.1 Å². The number of benzene rings is 1. The van der Waals surface area contributed by atoms with Gasteiger partial charge in [-0.15, -0.1) is 5.10 Å². The normalized spacial score (nSPS) is 11.1. The summed E-state index contributed by atoms with van der Waals surface area (Å²) in [6, 6.07) is 10.2. The van der Waals surface area contributed by atoms with Crippen LogP contribution in [0.1, 0.15) is 17.8 Å². The van der Waals surface area contributed by atoms with Crippen LogP contribution in [0.25, 0.3) is 11.2 Å². The van der Waals surface area contributed by atoms with E-state index < -0.39 is 0 Å². The third-order valence-electron chi connectivity index (χ3n) is 4.09. The maximum Gasteiger partial charge on any atom is 0.184 e. The zero-order valence-electron chi connectivity index (χ0n) is 14.6. The van der Waals surface area contributed by atoms with Gasteiger partial charge in [-0.05, 0) is 18.9 Å². The quantitative estimate of drug-likeness (QED) is 0.516. The van der Waals surface area contributed by atoms with E-state index in [4.69, 9.17) is 0 Å². The summed E-state index contributed by atoms with van der Waals surface area (Å²) in [5.41, 5.74) is 2.61. The average molecular weight is 348 g/mol. The first kappa shape index (κ1) is 16.2. The van der Waals surface area contributed by atoms with Crippen LogP contribution in [-0.4, -0.2) is 41.1 Å². The van der Waals surface area contributed by atoms with Crippen molar-refractivity contribution in [3.05, 3.63) is 60.4 Å². The molecule has 0 saturated carbocycles. The highest BCUT2D eigenvalue weighted by atomic mass is 15.4. The van der Waals surface area contributed by atoms with Gasteiger partial charge in [0.2, 0.25) is 0 Å². The molecular weight excluding hydrogens is 328 g/mol. The zero-order valence-corrected chi connectivity index (χ0v) is 14.6. The van der Waals surface area contributed by atoms with Gasteiger partial charge in [0.05, 0.1) is 12.9 Å². The lowest BCUT2D eigenvalue weighted by Gasteiger charge is -2.08. The zero-order chi connectivity index (χ0) is 17.8. The third-order valence-corrected chi connectivity index (χ3v) is 4.09. The predicted octanol–water partition coefficient (Wildman–Crippen LogP) is 2.28. The fourth-order valence-corrected chi connectivity index (χ4v) is 2.84. The van der Waals surface area contributed by atoms with E-state index in [0.29, 0.717) is 17.9 Å². The molecule has 0 spiro atoms. The van der Waals surface area contributed by atoms with E-state index in [1.54, 1.807) is 6.20 Å². The van der Waals surface area contributed by atoms with Gasteiger partial charge in [0.25, 0.3) is 0 Å². The van der Waals surface area contributed by atoms with Gasteiger partial charge >= 0.3 is 0 Å². The molecule has 1 aromatic carbocycles. The molecule has 0 saturated heterocycles. The van der Waals surface area contributed by atoms with Gasteiger partial charge in [-0.25, -0.2) is 19.6 Å². The molecule has 3 heterocycles. The Morgan fingerprint density at radius 1 is 1.12 bits per heavy atom. The van der Waals surface area contributed by atoms with Gasteiger partial charge < -0.3 is 9.88 Å². The largest absolute Gasteiger partial charge is 0.368 e. The van der Waals surface area contributed by atoms with Crippen LogP contribution in [0.4, 0.5) is 5.82 Å². The summed E-state index contributed by atoms with van der Waals surface area (Å²) in [6.45, 7) is 4.21. The SMILES string of the molecule is Cc1nc(NCCCn2ccnc2)c2nnn(Cc3ccccc3)c2n1. The number of hydrogen-bond acceptors (Lipinski definition) is 6. The van der Waals surface area contributed by atoms with Gasteiger partial charge in [0.1, 0.15) is 5.82 Å². The second kappa shape index (κ2) is 7.30. The molecule has 26 heavy (non-hydrogen) atoms. The fraction of sp³-hybridized carbons (Fsp3) is 0.278. The van der Waals surface area contributed by atoms with Crippen molar-refractivity contribution < 1.29 is 0 Å². The van der Waals surface area contributed by atoms with E-state index >= 15 is 0 Å². The maximum absolute atomic E-state index is 4.54. The first-order valence-electron chi connectivity index (χ1n) is 8.61. The van der Waals surface area contributed by atoms with Crippen LogP contribution in [0.2, 0.25) is 0 Å². The number of nitrogens with one attached hydrogen (secondary N) is 1. The van der Waals surface area contributed by atoms with Gasteiger partial charge in [0, 0.05) is 25.5 Å². The summed E-state index contributed by atoms with van der Waals surface area (Å²) in [5, 5.41) is 11.9. The first-order chi connectivity index (χ1) is 12.8. The van der Waals surface area contributed by atoms with Crippen molar-refractivity contribution in [1.29, 1.82) is 0 Å². The number of rotatable bonds is 7. The molecule has 0 unspecified atom stereocenters. The Kier molecular flexibility index (Phi) is 4.55. The van der Waals surface area contributed by atoms with Crippen LogP contribution < -0.4 is 5.32 Å². The van der Waals surface area contributed by atoms with Crippen molar-refractivity contribution in [2.24, 2.45) is 0 Å². The lowest BCUT2D eigenvalue weighted by molar-refractivity contribution is 0.660. The Balaban J connectivity index is 1.50. The van der Waals surface area contributed by atoms with Crippen LogP contribution in [0.3, 0.4) is 0 Å². The predicted molar refractivity (Wildman–Crippen MR) is 98.7 cm³/mol. The molecule has 8 heteroatoms. The molecular formula is C18H20N8. The summed E-state index contributed by atoms with van der Waals surface area (Å²) >= 11 is 0. The molecule has 0 fully saturated rings. The molecule has 0 aliphatic heterocycles. The molecule has 8 nitrogen and oxygen atoms in total. The Morgan fingerprint density at radius 3 is 2.81 bits per heavy atom. The molecule has 0 aliphatic rings. The third kappa shape index (κ3) is 3.53. The molecule has 0 amide bonds. The smallest absolute Gasteiger partial charge is 0.184 e. The minimum Gasteiger partial charge on any atom is -0.368 e. The van der Waals surface area contributed by atoms with E-state index in [1.165, 1.54) is 0 Å². The average Bonchev–Trinajstić information content (AvgIpc) is 3.30. The Bertz CT molecular complexity index is 975. The fourth-order valence-electron chi connectivity index (χ4n) is 2.84. The Hall–Kier alpha value is -3.29. The molecule has 4 aromatic rings. The number of hydrogen-bond donors (Lipinski definition) is 1. The molecule has 3 aromatic heterocycles. The summed E-state index contributed by atoms with van der Waals surface area (Å²) in [5.74, 6) is 1.43. The minimum absolute atomic E-state index is 0.633. The van der Waals surface area contributed by atoms with E-state index in [9.17, 15) is 0 Å². The molecule has 132 valence electrons. The van der Waals surface area contributed by atoms with Crippen LogP contribution in [0.5, 0.6) is 0 Å². The topological polar surface area (TPSA) is 86.3 Å². The standard InChI is InChI=1S/C18H20N8/c1-14-21-17(20-8-5-10-25-11-9-19-13-25)16-18(22-14)26(24-23-16)12-15-6-3-2-4-7-15/h2-4,6-7,9,11,13H,5,8,10,12H2,1H3,(H,20,21,22). The van der Waals surface area contributed by atoms with E-state index in [0.717, 1.165) is 36.5 Å².